The summed E-state index contributed by atoms with van der Waals surface area (Å²) in [5.41, 5.74) is 5.25. The van der Waals surface area contributed by atoms with Crippen molar-refractivity contribution in [2.45, 2.75) is 13.0 Å². The molecule has 1 amide bonds. The van der Waals surface area contributed by atoms with Crippen molar-refractivity contribution >= 4 is 24.5 Å². The second-order valence-electron chi connectivity index (χ2n) is 2.54. The molecular formula is C7H14N2O3S. The molecule has 0 aromatic carbocycles. The molecule has 0 aliphatic heterocycles. The normalized spacial score (nSPS) is 12.2. The number of carbonyl (C=O) groups excluding carboxylic acids is 1. The number of hydrogen-bond donors (Lipinski definition) is 3. The van der Waals surface area contributed by atoms with Crippen molar-refractivity contribution in [1.29, 1.82) is 0 Å². The molecular weight excluding hydrogens is 192 g/mol. The molecule has 0 spiro atoms. The summed E-state index contributed by atoms with van der Waals surface area (Å²) in [6.07, 6.45) is 0. The number of carboxylic acids is 1. The van der Waals surface area contributed by atoms with Crippen LogP contribution in [0.5, 0.6) is 0 Å². The Morgan fingerprint density at radius 2 is 2.15 bits per heavy atom. The number of amides is 1. The maximum absolute atomic E-state index is 11.0. The quantitative estimate of drug-likeness (QED) is 0.513. The zero-order chi connectivity index (χ0) is 10.4. The van der Waals surface area contributed by atoms with Crippen LogP contribution >= 0.6 is 12.6 Å². The highest BCUT2D eigenvalue weighted by molar-refractivity contribution is 7.80. The van der Waals surface area contributed by atoms with E-state index in [4.69, 9.17) is 10.8 Å². The molecule has 0 saturated heterocycles. The van der Waals surface area contributed by atoms with E-state index in [1.165, 1.54) is 11.8 Å². The van der Waals surface area contributed by atoms with E-state index in [1.54, 1.807) is 0 Å². The van der Waals surface area contributed by atoms with Gasteiger partial charge < -0.3 is 15.7 Å². The van der Waals surface area contributed by atoms with Gasteiger partial charge in [0.1, 0.15) is 6.04 Å². The number of thiol groups is 1. The van der Waals surface area contributed by atoms with Crippen LogP contribution in [0.2, 0.25) is 0 Å². The first kappa shape index (κ1) is 12.2. The van der Waals surface area contributed by atoms with Crippen LogP contribution in [-0.2, 0) is 9.59 Å². The van der Waals surface area contributed by atoms with E-state index < -0.39 is 12.0 Å². The number of carbonyl (C=O) groups is 2. The van der Waals surface area contributed by atoms with Gasteiger partial charge in [-0.2, -0.15) is 12.6 Å². The Hall–Kier alpha value is -0.750. The SMILES string of the molecule is CC(=O)N(CCN)[C@@H](CS)C(=O)O. The van der Waals surface area contributed by atoms with Crippen LogP contribution in [0.15, 0.2) is 0 Å². The van der Waals surface area contributed by atoms with Crippen LogP contribution in [0.4, 0.5) is 0 Å². The van der Waals surface area contributed by atoms with Crippen LogP contribution in [0, 0.1) is 0 Å². The molecule has 0 unspecified atom stereocenters. The van der Waals surface area contributed by atoms with Gasteiger partial charge in [-0.1, -0.05) is 0 Å². The summed E-state index contributed by atoms with van der Waals surface area (Å²) in [4.78, 5) is 22.9. The third-order valence-corrected chi connectivity index (χ3v) is 1.95. The summed E-state index contributed by atoms with van der Waals surface area (Å²) in [6, 6.07) is -0.885. The molecule has 5 nitrogen and oxygen atoms in total. The number of hydrogen-bond acceptors (Lipinski definition) is 4. The van der Waals surface area contributed by atoms with Gasteiger partial charge >= 0.3 is 5.97 Å². The maximum Gasteiger partial charge on any atom is 0.327 e. The molecule has 0 heterocycles. The van der Waals surface area contributed by atoms with Crippen LogP contribution in [0.3, 0.4) is 0 Å². The molecule has 1 atom stereocenters. The van der Waals surface area contributed by atoms with Crippen molar-refractivity contribution in [3.8, 4) is 0 Å². The van der Waals surface area contributed by atoms with Crippen molar-refractivity contribution in [2.75, 3.05) is 18.8 Å². The van der Waals surface area contributed by atoms with Crippen molar-refractivity contribution in [3.05, 3.63) is 0 Å². The lowest BCUT2D eigenvalue weighted by Gasteiger charge is -2.25. The van der Waals surface area contributed by atoms with Crippen molar-refractivity contribution < 1.29 is 14.7 Å². The first-order valence-electron chi connectivity index (χ1n) is 3.85. The molecule has 3 N–H and O–H groups in total. The Labute approximate surface area is 82.3 Å². The molecule has 0 aromatic heterocycles. The minimum atomic E-state index is -1.06. The fourth-order valence-corrected chi connectivity index (χ4v) is 1.34. The van der Waals surface area contributed by atoms with Crippen LogP contribution in [0.1, 0.15) is 6.92 Å². The summed E-state index contributed by atoms with van der Waals surface area (Å²) in [5.74, 6) is -1.26. The summed E-state index contributed by atoms with van der Waals surface area (Å²) >= 11 is 3.87. The Morgan fingerprint density at radius 1 is 1.62 bits per heavy atom. The molecule has 0 rings (SSSR count). The molecule has 0 aliphatic rings. The fraction of sp³-hybridized carbons (Fsp3) is 0.714. The number of carboxylic acid groups (broad SMARTS) is 1. The molecule has 0 aliphatic carbocycles. The minimum Gasteiger partial charge on any atom is -0.480 e. The zero-order valence-electron chi connectivity index (χ0n) is 7.43. The number of aliphatic carboxylic acids is 1. The van der Waals surface area contributed by atoms with Gasteiger partial charge in [0.25, 0.3) is 0 Å². The molecule has 6 heteroatoms. The van der Waals surface area contributed by atoms with E-state index in [9.17, 15) is 9.59 Å². The van der Waals surface area contributed by atoms with Crippen LogP contribution in [-0.4, -0.2) is 46.8 Å². The smallest absolute Gasteiger partial charge is 0.327 e. The highest BCUT2D eigenvalue weighted by Gasteiger charge is 2.25. The first-order valence-corrected chi connectivity index (χ1v) is 4.48. The van der Waals surface area contributed by atoms with Gasteiger partial charge in [-0.25, -0.2) is 4.79 Å². The zero-order valence-corrected chi connectivity index (χ0v) is 8.33. The summed E-state index contributed by atoms with van der Waals surface area (Å²) in [6.45, 7) is 1.80. The maximum atomic E-state index is 11.0. The second kappa shape index (κ2) is 5.82. The molecule has 0 saturated carbocycles. The third kappa shape index (κ3) is 3.65. The topological polar surface area (TPSA) is 83.6 Å². The van der Waals surface area contributed by atoms with E-state index in [1.807, 2.05) is 0 Å². The van der Waals surface area contributed by atoms with Gasteiger partial charge in [0, 0.05) is 25.8 Å². The van der Waals surface area contributed by atoms with E-state index in [-0.39, 0.29) is 24.7 Å². The van der Waals surface area contributed by atoms with Gasteiger partial charge in [-0.15, -0.1) is 0 Å². The summed E-state index contributed by atoms with van der Waals surface area (Å²) in [5, 5.41) is 8.74. The standard InChI is InChI=1S/C7H14N2O3S/c1-5(10)9(3-2-8)6(4-13)7(11)12/h6,13H,2-4,8H2,1H3,(H,11,12)/t6-/m0/s1. The van der Waals surface area contributed by atoms with E-state index in [0.29, 0.717) is 0 Å². The van der Waals surface area contributed by atoms with Crippen molar-refractivity contribution in [3.63, 3.8) is 0 Å². The monoisotopic (exact) mass is 206 g/mol. The summed E-state index contributed by atoms with van der Waals surface area (Å²) in [7, 11) is 0. The molecule has 0 aromatic rings. The van der Waals surface area contributed by atoms with Crippen molar-refractivity contribution in [2.24, 2.45) is 5.73 Å². The van der Waals surface area contributed by atoms with Crippen LogP contribution in [0.25, 0.3) is 0 Å². The van der Waals surface area contributed by atoms with E-state index >= 15 is 0 Å². The molecule has 0 bridgehead atoms. The first-order chi connectivity index (χ1) is 6.04. The van der Waals surface area contributed by atoms with Gasteiger partial charge in [0.2, 0.25) is 5.91 Å². The Balaban J connectivity index is 4.48. The Morgan fingerprint density at radius 3 is 2.38 bits per heavy atom. The highest BCUT2D eigenvalue weighted by Crippen LogP contribution is 2.02. The molecule has 0 fully saturated rings. The second-order valence-corrected chi connectivity index (χ2v) is 2.90. The molecule has 76 valence electrons. The Bertz CT molecular complexity index is 198. The fourth-order valence-electron chi connectivity index (χ4n) is 0.982. The minimum absolute atomic E-state index is 0.0922. The third-order valence-electron chi connectivity index (χ3n) is 1.61. The average Bonchev–Trinajstić information content (AvgIpc) is 2.03. The van der Waals surface area contributed by atoms with Crippen LogP contribution < -0.4 is 5.73 Å². The van der Waals surface area contributed by atoms with Gasteiger partial charge in [-0.3, -0.25) is 4.79 Å². The molecule has 13 heavy (non-hydrogen) atoms. The lowest BCUT2D eigenvalue weighted by atomic mass is 10.2. The Kier molecular flexibility index (Phi) is 5.48. The van der Waals surface area contributed by atoms with E-state index in [2.05, 4.69) is 12.6 Å². The molecule has 0 radical (unpaired) electrons. The predicted octanol–water partition coefficient (Wildman–Crippen LogP) is -0.823. The van der Waals surface area contributed by atoms with Gasteiger partial charge in [-0.05, 0) is 0 Å². The number of nitrogens with zero attached hydrogens (tertiary/aromatic N) is 1. The number of rotatable bonds is 5. The summed E-state index contributed by atoms with van der Waals surface area (Å²) < 4.78 is 0. The number of nitrogens with two attached hydrogens (primary N) is 1. The van der Waals surface area contributed by atoms with Crippen molar-refractivity contribution in [1.82, 2.24) is 4.90 Å². The van der Waals surface area contributed by atoms with Gasteiger partial charge in [0.05, 0.1) is 0 Å². The lowest BCUT2D eigenvalue weighted by Crippen LogP contribution is -2.47. The van der Waals surface area contributed by atoms with Gasteiger partial charge in [0.15, 0.2) is 0 Å². The average molecular weight is 206 g/mol. The largest absolute Gasteiger partial charge is 0.480 e. The highest BCUT2D eigenvalue weighted by atomic mass is 32.1. The predicted molar refractivity (Wildman–Crippen MR) is 51.7 cm³/mol. The van der Waals surface area contributed by atoms with E-state index in [0.717, 1.165) is 0 Å². The lowest BCUT2D eigenvalue weighted by molar-refractivity contribution is -0.148.